The first-order chi connectivity index (χ1) is 11.9. The predicted octanol–water partition coefficient (Wildman–Crippen LogP) is 3.30. The second-order valence-electron chi connectivity index (χ2n) is 5.73. The number of nitrogens with zero attached hydrogens (tertiary/aromatic N) is 1. The number of nitrogens with two attached hydrogens (primary N) is 1. The van der Waals surface area contributed by atoms with E-state index >= 15 is 0 Å². The van der Waals surface area contributed by atoms with Crippen molar-refractivity contribution in [2.24, 2.45) is 0 Å². The molecular formula is C19H21ClN2O3. The summed E-state index contributed by atoms with van der Waals surface area (Å²) in [6.07, 6.45) is 0.971. The molecule has 0 saturated heterocycles. The summed E-state index contributed by atoms with van der Waals surface area (Å²) < 4.78 is 5.05. The zero-order chi connectivity index (χ0) is 18.4. The molecule has 0 atom stereocenters. The monoisotopic (exact) mass is 360 g/mol. The van der Waals surface area contributed by atoms with Crippen LogP contribution in [0.4, 0.5) is 5.69 Å². The summed E-state index contributed by atoms with van der Waals surface area (Å²) in [4.78, 5) is 25.7. The smallest absolute Gasteiger partial charge is 0.340 e. The molecule has 0 aromatic heterocycles. The van der Waals surface area contributed by atoms with Gasteiger partial charge >= 0.3 is 5.97 Å². The van der Waals surface area contributed by atoms with Crippen LogP contribution in [0.15, 0.2) is 42.5 Å². The van der Waals surface area contributed by atoms with Gasteiger partial charge in [0.2, 0.25) is 0 Å². The third-order valence-corrected chi connectivity index (χ3v) is 4.07. The van der Waals surface area contributed by atoms with E-state index in [1.807, 2.05) is 24.3 Å². The number of likely N-dealkylation sites (N-methyl/N-ethyl adjacent to an activating group) is 1. The summed E-state index contributed by atoms with van der Waals surface area (Å²) in [5.41, 5.74) is 8.40. The molecule has 0 heterocycles. The van der Waals surface area contributed by atoms with Gasteiger partial charge in [-0.25, -0.2) is 4.79 Å². The number of ether oxygens (including phenoxy) is 1. The fourth-order valence-corrected chi connectivity index (χ4v) is 2.46. The first-order valence-corrected chi connectivity index (χ1v) is 8.32. The van der Waals surface area contributed by atoms with E-state index in [1.54, 1.807) is 13.1 Å². The lowest BCUT2D eigenvalue weighted by atomic mass is 10.1. The van der Waals surface area contributed by atoms with Crippen molar-refractivity contribution in [3.63, 3.8) is 0 Å². The second-order valence-corrected chi connectivity index (χ2v) is 6.16. The molecule has 1 amide bonds. The number of benzene rings is 2. The van der Waals surface area contributed by atoms with Crippen LogP contribution in [0.1, 0.15) is 28.4 Å². The fourth-order valence-electron chi connectivity index (χ4n) is 2.28. The zero-order valence-corrected chi connectivity index (χ0v) is 15.0. The molecule has 2 N–H and O–H groups in total. The van der Waals surface area contributed by atoms with Crippen LogP contribution in [0.3, 0.4) is 0 Å². The molecule has 25 heavy (non-hydrogen) atoms. The van der Waals surface area contributed by atoms with E-state index in [9.17, 15) is 9.59 Å². The molecule has 0 bridgehead atoms. The maximum Gasteiger partial charge on any atom is 0.340 e. The summed E-state index contributed by atoms with van der Waals surface area (Å²) in [7, 11) is 1.67. The Morgan fingerprint density at radius 3 is 2.36 bits per heavy atom. The Labute approximate surface area is 152 Å². The maximum absolute atomic E-state index is 12.1. The second kappa shape index (κ2) is 8.53. The number of hydrogen-bond donors (Lipinski definition) is 1. The average Bonchev–Trinajstić information content (AvgIpc) is 2.60. The van der Waals surface area contributed by atoms with E-state index in [1.165, 1.54) is 22.6 Å². The van der Waals surface area contributed by atoms with Crippen LogP contribution in [0.2, 0.25) is 5.02 Å². The minimum Gasteiger partial charge on any atom is -0.452 e. The van der Waals surface area contributed by atoms with Crippen molar-refractivity contribution < 1.29 is 14.3 Å². The third kappa shape index (κ3) is 5.22. The highest BCUT2D eigenvalue weighted by atomic mass is 35.5. The van der Waals surface area contributed by atoms with Gasteiger partial charge in [-0.3, -0.25) is 4.79 Å². The van der Waals surface area contributed by atoms with Gasteiger partial charge < -0.3 is 15.4 Å². The summed E-state index contributed by atoms with van der Waals surface area (Å²) in [6, 6.07) is 12.5. The largest absolute Gasteiger partial charge is 0.452 e. The first kappa shape index (κ1) is 18.8. The Balaban J connectivity index is 1.88. The van der Waals surface area contributed by atoms with Gasteiger partial charge in [0.25, 0.3) is 5.91 Å². The van der Waals surface area contributed by atoms with Crippen LogP contribution in [-0.4, -0.2) is 30.4 Å². The molecule has 2 aromatic carbocycles. The van der Waals surface area contributed by atoms with Crippen molar-refractivity contribution in [1.82, 2.24) is 4.90 Å². The standard InChI is InChI=1S/C19H21ClN2O3/c1-3-13-4-6-14(7-5-13)11-22(2)18(23)12-25-19(24)16-9-8-15(20)10-17(16)21/h4-10H,3,11-12,21H2,1-2H3. The highest BCUT2D eigenvalue weighted by molar-refractivity contribution is 6.31. The number of hydrogen-bond acceptors (Lipinski definition) is 4. The van der Waals surface area contributed by atoms with Gasteiger partial charge in [0.05, 0.1) is 5.56 Å². The Hall–Kier alpha value is -2.53. The normalized spacial score (nSPS) is 10.4. The maximum atomic E-state index is 12.1. The van der Waals surface area contributed by atoms with Crippen molar-refractivity contribution in [2.45, 2.75) is 19.9 Å². The van der Waals surface area contributed by atoms with Crippen molar-refractivity contribution in [2.75, 3.05) is 19.4 Å². The molecule has 6 heteroatoms. The van der Waals surface area contributed by atoms with Crippen molar-refractivity contribution in [1.29, 1.82) is 0 Å². The van der Waals surface area contributed by atoms with Crippen LogP contribution in [0.25, 0.3) is 0 Å². The zero-order valence-electron chi connectivity index (χ0n) is 14.3. The summed E-state index contributed by atoms with van der Waals surface area (Å²) >= 11 is 5.79. The van der Waals surface area contributed by atoms with Gasteiger partial charge in [-0.2, -0.15) is 0 Å². The molecular weight excluding hydrogens is 340 g/mol. The quantitative estimate of drug-likeness (QED) is 0.633. The number of esters is 1. The molecule has 2 rings (SSSR count). The van der Waals surface area contributed by atoms with E-state index in [0.29, 0.717) is 11.6 Å². The van der Waals surface area contributed by atoms with Gasteiger partial charge in [0.1, 0.15) is 0 Å². The van der Waals surface area contributed by atoms with Crippen LogP contribution in [0.5, 0.6) is 0 Å². The number of aryl methyl sites for hydroxylation is 1. The van der Waals surface area contributed by atoms with Crippen molar-refractivity contribution in [3.8, 4) is 0 Å². The van der Waals surface area contributed by atoms with Crippen molar-refractivity contribution in [3.05, 3.63) is 64.2 Å². The Kier molecular flexibility index (Phi) is 6.42. The minimum atomic E-state index is -0.650. The molecule has 5 nitrogen and oxygen atoms in total. The molecule has 0 aliphatic carbocycles. The molecule has 0 spiro atoms. The topological polar surface area (TPSA) is 72.6 Å². The van der Waals surface area contributed by atoms with E-state index in [0.717, 1.165) is 12.0 Å². The van der Waals surface area contributed by atoms with E-state index < -0.39 is 5.97 Å². The average molecular weight is 361 g/mol. The number of amides is 1. The van der Waals surface area contributed by atoms with E-state index in [-0.39, 0.29) is 23.8 Å². The molecule has 0 unspecified atom stereocenters. The predicted molar refractivity (Wildman–Crippen MR) is 98.4 cm³/mol. The number of anilines is 1. The number of nitrogen functional groups attached to an aromatic ring is 1. The van der Waals surface area contributed by atoms with Crippen LogP contribution in [0, 0.1) is 0 Å². The van der Waals surface area contributed by atoms with Gasteiger partial charge in [0, 0.05) is 24.3 Å². The SMILES string of the molecule is CCc1ccc(CN(C)C(=O)COC(=O)c2ccc(Cl)cc2N)cc1. The molecule has 2 aromatic rings. The lowest BCUT2D eigenvalue weighted by Crippen LogP contribution is -2.30. The lowest BCUT2D eigenvalue weighted by molar-refractivity contribution is -0.133. The highest BCUT2D eigenvalue weighted by Gasteiger charge is 2.16. The molecule has 0 radical (unpaired) electrons. The minimum absolute atomic E-state index is 0.190. The Bertz CT molecular complexity index is 760. The Morgan fingerprint density at radius 2 is 1.76 bits per heavy atom. The fraction of sp³-hybridized carbons (Fsp3) is 0.263. The number of halogens is 1. The van der Waals surface area contributed by atoms with Gasteiger partial charge in [-0.05, 0) is 35.7 Å². The molecule has 0 saturated carbocycles. The summed E-state index contributed by atoms with van der Waals surface area (Å²) in [6.45, 7) is 2.19. The van der Waals surface area contributed by atoms with Crippen molar-refractivity contribution >= 4 is 29.2 Å². The first-order valence-electron chi connectivity index (χ1n) is 7.94. The van der Waals surface area contributed by atoms with E-state index in [2.05, 4.69) is 6.92 Å². The Morgan fingerprint density at radius 1 is 1.12 bits per heavy atom. The number of rotatable bonds is 6. The van der Waals surface area contributed by atoms with Gasteiger partial charge in [-0.1, -0.05) is 42.8 Å². The van der Waals surface area contributed by atoms with Gasteiger partial charge in [0.15, 0.2) is 6.61 Å². The molecule has 0 aliphatic rings. The summed E-state index contributed by atoms with van der Waals surface area (Å²) in [5.74, 6) is -0.941. The van der Waals surface area contributed by atoms with E-state index in [4.69, 9.17) is 22.1 Å². The van der Waals surface area contributed by atoms with Crippen LogP contribution in [-0.2, 0) is 22.5 Å². The van der Waals surface area contributed by atoms with Crippen LogP contribution >= 0.6 is 11.6 Å². The third-order valence-electron chi connectivity index (χ3n) is 3.84. The van der Waals surface area contributed by atoms with Crippen LogP contribution < -0.4 is 5.73 Å². The molecule has 0 fully saturated rings. The lowest BCUT2D eigenvalue weighted by Gasteiger charge is -2.17. The molecule has 132 valence electrons. The number of carbonyl (C=O) groups is 2. The summed E-state index contributed by atoms with van der Waals surface area (Å²) in [5, 5.41) is 0.430. The highest BCUT2D eigenvalue weighted by Crippen LogP contribution is 2.18. The molecule has 0 aliphatic heterocycles. The number of carbonyl (C=O) groups excluding carboxylic acids is 2. The van der Waals surface area contributed by atoms with Gasteiger partial charge in [-0.15, -0.1) is 0 Å².